The number of amides is 3. The normalized spacial score (nSPS) is 20.8. The van der Waals surface area contributed by atoms with Gasteiger partial charge in [0, 0.05) is 38.8 Å². The van der Waals surface area contributed by atoms with Gasteiger partial charge in [0.25, 0.3) is 5.91 Å². The fraction of sp³-hybridized carbons (Fsp3) is 0.545. The first-order chi connectivity index (χ1) is 15.6. The maximum Gasteiger partial charge on any atom is 0.329 e. The van der Waals surface area contributed by atoms with E-state index < -0.39 is 27.6 Å². The number of sulfonamides is 1. The maximum atomic E-state index is 13.6. The lowest BCUT2D eigenvalue weighted by Gasteiger charge is -2.46. The molecule has 0 bridgehead atoms. The summed E-state index contributed by atoms with van der Waals surface area (Å²) in [6.45, 7) is 5.15. The van der Waals surface area contributed by atoms with E-state index in [0.717, 1.165) is 0 Å². The minimum Gasteiger partial charge on any atom is -0.308 e. The van der Waals surface area contributed by atoms with Crippen LogP contribution in [-0.2, 0) is 20.5 Å². The van der Waals surface area contributed by atoms with Gasteiger partial charge in [0.2, 0.25) is 15.7 Å². The van der Waals surface area contributed by atoms with Crippen LogP contribution in [0.2, 0.25) is 0 Å². The number of rotatable bonds is 10. The van der Waals surface area contributed by atoms with Crippen LogP contribution in [0.5, 0.6) is 0 Å². The summed E-state index contributed by atoms with van der Waals surface area (Å²) in [5, 5.41) is 0. The minimum absolute atomic E-state index is 0.00338. The predicted octanol–water partition coefficient (Wildman–Crippen LogP) is 1.59. The third kappa shape index (κ3) is 4.20. The topological polar surface area (TPSA) is 106 Å². The number of nitrogens with zero attached hydrogens (tertiary/aromatic N) is 6. The van der Waals surface area contributed by atoms with Crippen LogP contribution in [0.25, 0.3) is 0 Å². The molecule has 10 nitrogen and oxygen atoms in total. The molecule has 3 rings (SSSR count). The number of benzene rings is 1. The van der Waals surface area contributed by atoms with E-state index in [1.54, 1.807) is 18.2 Å². The monoisotopic (exact) mass is 476 g/mol. The number of carbonyl (C=O) groups excluding carboxylic acids is 2. The van der Waals surface area contributed by atoms with Gasteiger partial charge in [-0.3, -0.25) is 14.6 Å². The Kier molecular flexibility index (Phi) is 7.35. The van der Waals surface area contributed by atoms with Crippen molar-refractivity contribution in [3.63, 3.8) is 0 Å². The van der Waals surface area contributed by atoms with Crippen LogP contribution in [0, 0.1) is 0 Å². The van der Waals surface area contributed by atoms with Crippen LogP contribution in [0.4, 0.5) is 4.79 Å². The number of aliphatic imine (C=N–C) groups is 2. The van der Waals surface area contributed by atoms with Crippen molar-refractivity contribution in [1.29, 1.82) is 0 Å². The summed E-state index contributed by atoms with van der Waals surface area (Å²) >= 11 is 0. The molecule has 1 saturated heterocycles. The highest BCUT2D eigenvalue weighted by Crippen LogP contribution is 2.42. The molecule has 0 saturated carbocycles. The molecule has 11 heteroatoms. The van der Waals surface area contributed by atoms with Crippen molar-refractivity contribution >= 4 is 34.0 Å². The Balaban J connectivity index is 2.19. The van der Waals surface area contributed by atoms with Gasteiger partial charge in [-0.1, -0.05) is 32.0 Å². The van der Waals surface area contributed by atoms with Crippen molar-refractivity contribution in [1.82, 2.24) is 19.0 Å². The lowest BCUT2D eigenvalue weighted by molar-refractivity contribution is -0.124. The molecule has 1 atom stereocenters. The Morgan fingerprint density at radius 3 is 2.30 bits per heavy atom. The highest BCUT2D eigenvalue weighted by molar-refractivity contribution is 7.89. The predicted molar refractivity (Wildman–Crippen MR) is 127 cm³/mol. The van der Waals surface area contributed by atoms with Gasteiger partial charge in [0.05, 0.1) is 4.90 Å². The van der Waals surface area contributed by atoms with E-state index in [-0.39, 0.29) is 35.8 Å². The Bertz CT molecular complexity index is 1080. The van der Waals surface area contributed by atoms with Crippen LogP contribution < -0.4 is 0 Å². The van der Waals surface area contributed by atoms with Gasteiger partial charge in [-0.15, -0.1) is 0 Å². The Labute approximate surface area is 195 Å². The molecular weight excluding hydrogens is 444 g/mol. The maximum absolute atomic E-state index is 13.6. The average molecular weight is 477 g/mol. The lowest BCUT2D eigenvalue weighted by atomic mass is 9.89. The third-order valence-corrected chi connectivity index (χ3v) is 7.68. The quantitative estimate of drug-likeness (QED) is 0.510. The average Bonchev–Trinajstić information content (AvgIpc) is 3.24. The van der Waals surface area contributed by atoms with E-state index >= 15 is 0 Å². The molecule has 2 aliphatic rings. The van der Waals surface area contributed by atoms with Crippen LogP contribution >= 0.6 is 0 Å². The van der Waals surface area contributed by atoms with E-state index in [2.05, 4.69) is 9.98 Å². The van der Waals surface area contributed by atoms with Gasteiger partial charge in [-0.25, -0.2) is 23.2 Å². The second kappa shape index (κ2) is 9.70. The fourth-order valence-corrected chi connectivity index (χ4v) is 5.47. The zero-order chi connectivity index (χ0) is 24.4. The first kappa shape index (κ1) is 25.0. The van der Waals surface area contributed by atoms with Gasteiger partial charge in [0.15, 0.2) is 5.71 Å². The molecule has 0 aromatic heterocycles. The van der Waals surface area contributed by atoms with Crippen LogP contribution in [0.1, 0.15) is 32.3 Å². The van der Waals surface area contributed by atoms with E-state index in [0.29, 0.717) is 19.4 Å². The zero-order valence-corrected chi connectivity index (χ0v) is 20.7. The SMILES string of the molecule is CCCN1C(=O)C2=NC=NC2(c2ccccc2S(=O)(=O)N(C)CCN(C)C)N(CCC)C1=O. The van der Waals surface area contributed by atoms with Crippen molar-refractivity contribution in [2.75, 3.05) is 47.3 Å². The molecule has 0 N–H and O–H groups in total. The van der Waals surface area contributed by atoms with Gasteiger partial charge in [0.1, 0.15) is 6.34 Å². The summed E-state index contributed by atoms with van der Waals surface area (Å²) < 4.78 is 28.5. The first-order valence-electron chi connectivity index (χ1n) is 11.1. The molecule has 0 aliphatic carbocycles. The molecule has 2 heterocycles. The van der Waals surface area contributed by atoms with Crippen LogP contribution in [0.3, 0.4) is 0 Å². The number of carbonyl (C=O) groups is 2. The van der Waals surface area contributed by atoms with Crippen LogP contribution in [0.15, 0.2) is 39.1 Å². The first-order valence-corrected chi connectivity index (χ1v) is 12.5. The van der Waals surface area contributed by atoms with Crippen molar-refractivity contribution < 1.29 is 18.0 Å². The van der Waals surface area contributed by atoms with Gasteiger partial charge < -0.3 is 4.90 Å². The standard InChI is InChI=1S/C22H32N6O4S/c1-6-12-27-20(29)19-22(24-16-23-19,28(13-7-2)21(27)30)17-10-8-9-11-18(17)33(31,32)26(5)15-14-25(3)4/h8-11,16H,6-7,12-15H2,1-5H3. The Morgan fingerprint density at radius 2 is 1.67 bits per heavy atom. The number of urea groups is 1. The summed E-state index contributed by atoms with van der Waals surface area (Å²) in [7, 11) is 1.31. The molecule has 3 amide bonds. The minimum atomic E-state index is -3.94. The van der Waals surface area contributed by atoms with Crippen LogP contribution in [-0.4, -0.2) is 98.7 Å². The number of likely N-dealkylation sites (N-methyl/N-ethyl adjacent to an activating group) is 2. The van der Waals surface area contributed by atoms with Gasteiger partial charge in [-0.05, 0) is 33.0 Å². The summed E-state index contributed by atoms with van der Waals surface area (Å²) in [5.41, 5.74) is -1.32. The Morgan fingerprint density at radius 1 is 1.00 bits per heavy atom. The summed E-state index contributed by atoms with van der Waals surface area (Å²) in [5.74, 6) is -0.542. The molecule has 180 valence electrons. The third-order valence-electron chi connectivity index (χ3n) is 5.77. The molecule has 2 aliphatic heterocycles. The zero-order valence-electron chi connectivity index (χ0n) is 19.9. The van der Waals surface area contributed by atoms with Crippen molar-refractivity contribution in [2.45, 2.75) is 37.2 Å². The molecule has 0 spiro atoms. The van der Waals surface area contributed by atoms with Gasteiger partial charge in [-0.2, -0.15) is 4.31 Å². The molecule has 1 aromatic rings. The second-order valence-corrected chi connectivity index (χ2v) is 10.4. The number of imide groups is 1. The number of hydrogen-bond acceptors (Lipinski definition) is 7. The number of fused-ring (bicyclic) bond motifs is 1. The van der Waals surface area contributed by atoms with Crippen molar-refractivity contribution in [2.24, 2.45) is 9.98 Å². The molecule has 1 fully saturated rings. The smallest absolute Gasteiger partial charge is 0.308 e. The van der Waals surface area contributed by atoms with E-state index in [1.165, 1.54) is 33.6 Å². The summed E-state index contributed by atoms with van der Waals surface area (Å²) in [6, 6.07) is 5.93. The Hall–Kier alpha value is -2.63. The highest BCUT2D eigenvalue weighted by Gasteiger charge is 2.58. The van der Waals surface area contributed by atoms with Crippen molar-refractivity contribution in [3.05, 3.63) is 29.8 Å². The number of hydrogen-bond donors (Lipinski definition) is 0. The molecular formula is C22H32N6O4S. The largest absolute Gasteiger partial charge is 0.329 e. The summed E-state index contributed by atoms with van der Waals surface area (Å²) in [4.78, 5) is 40.0. The molecule has 1 unspecified atom stereocenters. The second-order valence-electron chi connectivity index (χ2n) is 8.41. The molecule has 0 radical (unpaired) electrons. The molecule has 1 aromatic carbocycles. The highest BCUT2D eigenvalue weighted by atomic mass is 32.2. The van der Waals surface area contributed by atoms with E-state index in [4.69, 9.17) is 0 Å². The van der Waals surface area contributed by atoms with Crippen molar-refractivity contribution in [3.8, 4) is 0 Å². The lowest BCUT2D eigenvalue weighted by Crippen LogP contribution is -2.66. The van der Waals surface area contributed by atoms with Gasteiger partial charge >= 0.3 is 6.03 Å². The molecule has 33 heavy (non-hydrogen) atoms. The summed E-state index contributed by atoms with van der Waals surface area (Å²) in [6.07, 6.45) is 2.44. The van der Waals surface area contributed by atoms with E-state index in [9.17, 15) is 18.0 Å². The van der Waals surface area contributed by atoms with E-state index in [1.807, 2.05) is 32.8 Å². The fourth-order valence-electron chi connectivity index (χ4n) is 4.07.